The van der Waals surface area contributed by atoms with E-state index >= 15 is 0 Å². The molecule has 4 nitrogen and oxygen atoms in total. The molecule has 7 heteroatoms. The number of methoxy groups -OCH3 is 1. The van der Waals surface area contributed by atoms with E-state index in [1.165, 1.54) is 22.7 Å². The van der Waals surface area contributed by atoms with E-state index in [1.807, 2.05) is 18.2 Å². The van der Waals surface area contributed by atoms with Crippen LogP contribution in [0.2, 0.25) is 5.02 Å². The summed E-state index contributed by atoms with van der Waals surface area (Å²) in [5.41, 5.74) is 0. The van der Waals surface area contributed by atoms with Gasteiger partial charge in [0.25, 0.3) is 5.91 Å². The highest BCUT2D eigenvalue weighted by atomic mass is 35.5. The zero-order valence-electron chi connectivity index (χ0n) is 10.3. The molecule has 3 rings (SSSR count). The van der Waals surface area contributed by atoms with Gasteiger partial charge in [0, 0.05) is 21.7 Å². The highest BCUT2D eigenvalue weighted by Crippen LogP contribution is 2.37. The van der Waals surface area contributed by atoms with Crippen molar-refractivity contribution >= 4 is 55.4 Å². The number of nitrogens with zero attached hydrogens (tertiary/aromatic N) is 1. The Morgan fingerprint density at radius 3 is 3.00 bits per heavy atom. The quantitative estimate of drug-likeness (QED) is 0.782. The number of hydrogen-bond acceptors (Lipinski definition) is 5. The number of hydrogen-bond donors (Lipinski definition) is 1. The summed E-state index contributed by atoms with van der Waals surface area (Å²) >= 11 is 8.98. The number of fused-ring (bicyclic) bond motifs is 1. The van der Waals surface area contributed by atoms with Gasteiger partial charge in [-0.1, -0.05) is 11.6 Å². The molecule has 2 aromatic heterocycles. The topological polar surface area (TPSA) is 51.2 Å². The molecule has 0 aliphatic rings. The van der Waals surface area contributed by atoms with Crippen LogP contribution in [-0.2, 0) is 0 Å². The number of nitrogens with one attached hydrogen (secondary N) is 1. The molecule has 0 saturated carbocycles. The van der Waals surface area contributed by atoms with Gasteiger partial charge >= 0.3 is 0 Å². The lowest BCUT2D eigenvalue weighted by molar-refractivity contribution is 0.103. The Balaban J connectivity index is 1.98. The fraction of sp³-hybridized carbons (Fsp3) is 0.0769. The normalized spacial score (nSPS) is 10.7. The van der Waals surface area contributed by atoms with Crippen LogP contribution in [0.5, 0.6) is 5.75 Å². The van der Waals surface area contributed by atoms with E-state index in [1.54, 1.807) is 18.7 Å². The van der Waals surface area contributed by atoms with Crippen LogP contribution in [0.4, 0.5) is 5.13 Å². The fourth-order valence-corrected chi connectivity index (χ4v) is 3.72. The SMILES string of the molecule is COc1ccc2c(Cl)c(C(=O)Nc3nccs3)sc2c1. The second-order valence-corrected chi connectivity index (χ2v) is 6.22. The van der Waals surface area contributed by atoms with Gasteiger partial charge in [-0.2, -0.15) is 0 Å². The van der Waals surface area contributed by atoms with Crippen LogP contribution in [0, 0.1) is 0 Å². The predicted octanol–water partition coefficient (Wildman–Crippen LogP) is 4.27. The number of carbonyl (C=O) groups excluding carboxylic acids is 1. The maximum absolute atomic E-state index is 12.2. The third kappa shape index (κ3) is 2.37. The van der Waals surface area contributed by atoms with Gasteiger partial charge in [0.05, 0.1) is 12.1 Å². The van der Waals surface area contributed by atoms with Crippen LogP contribution in [-0.4, -0.2) is 18.0 Å². The second-order valence-electron chi connectivity index (χ2n) is 3.90. The minimum atomic E-state index is -0.245. The number of thiazole rings is 1. The zero-order chi connectivity index (χ0) is 14.1. The first-order chi connectivity index (χ1) is 9.69. The van der Waals surface area contributed by atoms with Crippen LogP contribution < -0.4 is 10.1 Å². The summed E-state index contributed by atoms with van der Waals surface area (Å²) in [6.07, 6.45) is 1.64. The Hall–Kier alpha value is -1.63. The minimum absolute atomic E-state index is 0.245. The van der Waals surface area contributed by atoms with Crippen molar-refractivity contribution in [2.45, 2.75) is 0 Å². The first-order valence-electron chi connectivity index (χ1n) is 5.66. The summed E-state index contributed by atoms with van der Waals surface area (Å²) < 4.78 is 6.09. The summed E-state index contributed by atoms with van der Waals surface area (Å²) in [5, 5.41) is 6.40. The van der Waals surface area contributed by atoms with E-state index in [0.717, 1.165) is 15.8 Å². The third-order valence-electron chi connectivity index (χ3n) is 2.70. The summed E-state index contributed by atoms with van der Waals surface area (Å²) in [7, 11) is 1.60. The molecule has 20 heavy (non-hydrogen) atoms. The molecule has 102 valence electrons. The Bertz CT molecular complexity index is 768. The van der Waals surface area contributed by atoms with E-state index in [-0.39, 0.29) is 5.91 Å². The van der Waals surface area contributed by atoms with Crippen LogP contribution >= 0.6 is 34.3 Å². The van der Waals surface area contributed by atoms with Crippen molar-refractivity contribution in [3.8, 4) is 5.75 Å². The number of halogens is 1. The summed E-state index contributed by atoms with van der Waals surface area (Å²) in [6.45, 7) is 0. The lowest BCUT2D eigenvalue weighted by Crippen LogP contribution is -2.10. The summed E-state index contributed by atoms with van der Waals surface area (Å²) in [4.78, 5) is 16.7. The molecule has 3 aromatic rings. The van der Waals surface area contributed by atoms with Gasteiger partial charge in [0.1, 0.15) is 10.6 Å². The molecular formula is C13H9ClN2O2S2. The molecule has 1 aromatic carbocycles. The van der Waals surface area contributed by atoms with E-state index < -0.39 is 0 Å². The Labute approximate surface area is 128 Å². The average Bonchev–Trinajstić information content (AvgIpc) is 3.06. The van der Waals surface area contributed by atoms with Gasteiger partial charge < -0.3 is 4.74 Å². The molecule has 0 atom stereocenters. The predicted molar refractivity (Wildman–Crippen MR) is 83.5 cm³/mol. The van der Waals surface area contributed by atoms with Crippen molar-refractivity contribution in [2.24, 2.45) is 0 Å². The largest absolute Gasteiger partial charge is 0.497 e. The molecular weight excluding hydrogens is 316 g/mol. The standard InChI is InChI=1S/C13H9ClN2O2S2/c1-18-7-2-3-8-9(6-7)20-11(10(8)14)12(17)16-13-15-4-5-19-13/h2-6H,1H3,(H,15,16,17). The lowest BCUT2D eigenvalue weighted by Gasteiger charge is -1.98. The number of ether oxygens (including phenoxy) is 1. The maximum Gasteiger partial charge on any atom is 0.269 e. The van der Waals surface area contributed by atoms with Crippen molar-refractivity contribution < 1.29 is 9.53 Å². The summed E-state index contributed by atoms with van der Waals surface area (Å²) in [6, 6.07) is 5.54. The van der Waals surface area contributed by atoms with Gasteiger partial charge in [0.2, 0.25) is 0 Å². The van der Waals surface area contributed by atoms with Gasteiger partial charge in [-0.3, -0.25) is 10.1 Å². The number of rotatable bonds is 3. The maximum atomic E-state index is 12.2. The molecule has 0 aliphatic heterocycles. The number of thiophene rings is 1. The van der Waals surface area contributed by atoms with Crippen molar-refractivity contribution in [3.05, 3.63) is 39.7 Å². The van der Waals surface area contributed by atoms with E-state index in [4.69, 9.17) is 16.3 Å². The van der Waals surface area contributed by atoms with Gasteiger partial charge in [0.15, 0.2) is 5.13 Å². The summed E-state index contributed by atoms with van der Waals surface area (Å²) in [5.74, 6) is 0.493. The first kappa shape index (κ1) is 13.4. The van der Waals surface area contributed by atoms with Crippen molar-refractivity contribution in [3.63, 3.8) is 0 Å². The highest BCUT2D eigenvalue weighted by molar-refractivity contribution is 7.22. The smallest absolute Gasteiger partial charge is 0.269 e. The van der Waals surface area contributed by atoms with Crippen LogP contribution in [0.15, 0.2) is 29.8 Å². The second kappa shape index (κ2) is 5.40. The Morgan fingerprint density at radius 1 is 1.45 bits per heavy atom. The van der Waals surface area contributed by atoms with E-state index in [0.29, 0.717) is 15.0 Å². The van der Waals surface area contributed by atoms with Gasteiger partial charge in [-0.25, -0.2) is 4.98 Å². The zero-order valence-corrected chi connectivity index (χ0v) is 12.7. The van der Waals surface area contributed by atoms with Crippen LogP contribution in [0.25, 0.3) is 10.1 Å². The average molecular weight is 325 g/mol. The number of aromatic nitrogens is 1. The molecule has 0 fully saturated rings. The molecule has 0 bridgehead atoms. The molecule has 0 unspecified atom stereocenters. The third-order valence-corrected chi connectivity index (χ3v) is 5.04. The van der Waals surface area contributed by atoms with Gasteiger partial charge in [-0.15, -0.1) is 22.7 Å². The molecule has 0 spiro atoms. The fourth-order valence-electron chi connectivity index (χ4n) is 1.76. The van der Waals surface area contributed by atoms with Crippen LogP contribution in [0.3, 0.4) is 0 Å². The minimum Gasteiger partial charge on any atom is -0.497 e. The molecule has 1 amide bonds. The van der Waals surface area contributed by atoms with Gasteiger partial charge in [-0.05, 0) is 18.2 Å². The number of anilines is 1. The Morgan fingerprint density at radius 2 is 2.30 bits per heavy atom. The molecule has 0 saturated heterocycles. The number of amides is 1. The lowest BCUT2D eigenvalue weighted by atomic mass is 10.2. The van der Waals surface area contributed by atoms with E-state index in [9.17, 15) is 4.79 Å². The number of benzene rings is 1. The molecule has 0 radical (unpaired) electrons. The molecule has 1 N–H and O–H groups in total. The molecule has 2 heterocycles. The van der Waals surface area contributed by atoms with E-state index in [2.05, 4.69) is 10.3 Å². The first-order valence-corrected chi connectivity index (χ1v) is 7.73. The van der Waals surface area contributed by atoms with Crippen LogP contribution in [0.1, 0.15) is 9.67 Å². The van der Waals surface area contributed by atoms with Crippen molar-refractivity contribution in [1.82, 2.24) is 4.98 Å². The Kier molecular flexibility index (Phi) is 3.60. The monoisotopic (exact) mass is 324 g/mol. The van der Waals surface area contributed by atoms with Crippen molar-refractivity contribution in [2.75, 3.05) is 12.4 Å². The molecule has 0 aliphatic carbocycles. The van der Waals surface area contributed by atoms with Crippen molar-refractivity contribution in [1.29, 1.82) is 0 Å². The highest BCUT2D eigenvalue weighted by Gasteiger charge is 2.18. The number of carbonyl (C=O) groups is 1.